The maximum absolute atomic E-state index is 13.0. The fourth-order valence-electron chi connectivity index (χ4n) is 3.17. The van der Waals surface area contributed by atoms with Gasteiger partial charge in [-0.3, -0.25) is 4.79 Å². The first-order valence-electron chi connectivity index (χ1n) is 9.07. The van der Waals surface area contributed by atoms with Gasteiger partial charge in [0.05, 0.1) is 6.21 Å². The molecular weight excluding hydrogens is 346 g/mol. The molecule has 0 radical (unpaired) electrons. The molecule has 0 aliphatic carbocycles. The van der Waals surface area contributed by atoms with Crippen molar-refractivity contribution in [3.63, 3.8) is 0 Å². The summed E-state index contributed by atoms with van der Waals surface area (Å²) < 4.78 is 0. The van der Waals surface area contributed by atoms with Crippen molar-refractivity contribution < 1.29 is 4.79 Å². The van der Waals surface area contributed by atoms with Crippen LogP contribution in [0.5, 0.6) is 0 Å². The Hall–Kier alpha value is -3.79. The largest absolute Gasteiger partial charge is 0.358 e. The van der Waals surface area contributed by atoms with E-state index in [9.17, 15) is 4.79 Å². The minimum Gasteiger partial charge on any atom is -0.358 e. The number of carbonyl (C=O) groups excluding carboxylic acids is 1. The lowest BCUT2D eigenvalue weighted by Gasteiger charge is -2.04. The van der Waals surface area contributed by atoms with E-state index in [0.29, 0.717) is 11.3 Å². The van der Waals surface area contributed by atoms with E-state index in [4.69, 9.17) is 0 Å². The fourth-order valence-corrected chi connectivity index (χ4v) is 3.17. The van der Waals surface area contributed by atoms with Gasteiger partial charge in [0.25, 0.3) is 0 Å². The lowest BCUT2D eigenvalue weighted by Crippen LogP contribution is -2.15. The first-order chi connectivity index (χ1) is 13.7. The van der Waals surface area contributed by atoms with Crippen LogP contribution in [0.15, 0.2) is 95.1 Å². The van der Waals surface area contributed by atoms with E-state index in [1.54, 1.807) is 18.3 Å². The molecule has 136 valence electrons. The molecule has 0 atom stereocenters. The van der Waals surface area contributed by atoms with E-state index in [2.05, 4.69) is 15.2 Å². The van der Waals surface area contributed by atoms with Crippen LogP contribution >= 0.6 is 0 Å². The van der Waals surface area contributed by atoms with Gasteiger partial charge in [0.1, 0.15) is 5.71 Å². The van der Waals surface area contributed by atoms with Gasteiger partial charge in [0.15, 0.2) is 0 Å². The van der Waals surface area contributed by atoms with E-state index in [0.717, 1.165) is 27.7 Å². The highest BCUT2D eigenvalue weighted by atomic mass is 16.1. The summed E-state index contributed by atoms with van der Waals surface area (Å²) in [6.45, 7) is 2.00. The minimum atomic E-state index is -0.153. The Balaban J connectivity index is 1.74. The lowest BCUT2D eigenvalue weighted by atomic mass is 10.0. The molecular formula is C24H19N3O. The maximum atomic E-state index is 13.0. The number of nitrogens with zero attached hydrogens (tertiary/aromatic N) is 2. The number of aryl methyl sites for hydroxylation is 1. The van der Waals surface area contributed by atoms with Crippen molar-refractivity contribution >= 4 is 28.6 Å². The van der Waals surface area contributed by atoms with Crippen LogP contribution in [0.1, 0.15) is 27.2 Å². The number of carbonyl (C=O) groups is 1. The molecule has 4 heteroatoms. The first-order valence-corrected chi connectivity index (χ1v) is 9.07. The molecule has 0 saturated heterocycles. The summed E-state index contributed by atoms with van der Waals surface area (Å²) in [5, 5.41) is 9.66. The third-order valence-corrected chi connectivity index (χ3v) is 4.59. The molecule has 0 bridgehead atoms. The predicted octanol–water partition coefficient (Wildman–Crippen LogP) is 5.18. The number of ketones is 1. The van der Waals surface area contributed by atoms with Crippen LogP contribution < -0.4 is 0 Å². The number of para-hydroxylation sites is 1. The maximum Gasteiger partial charge on any atom is 0.213 e. The zero-order chi connectivity index (χ0) is 19.3. The normalized spacial score (nSPS) is 12.0. The van der Waals surface area contributed by atoms with Crippen LogP contribution in [0, 0.1) is 6.92 Å². The molecule has 4 rings (SSSR count). The third-order valence-electron chi connectivity index (χ3n) is 4.59. The van der Waals surface area contributed by atoms with Crippen molar-refractivity contribution in [2.24, 2.45) is 10.2 Å². The Morgan fingerprint density at radius 1 is 0.821 bits per heavy atom. The average Bonchev–Trinajstić information content (AvgIpc) is 3.07. The summed E-state index contributed by atoms with van der Waals surface area (Å²) in [7, 11) is 0. The first kappa shape index (κ1) is 17.6. The van der Waals surface area contributed by atoms with E-state index in [1.807, 2.05) is 79.7 Å². The van der Waals surface area contributed by atoms with E-state index in [-0.39, 0.29) is 5.78 Å². The molecule has 0 saturated carbocycles. The molecule has 4 aromatic rings. The Morgan fingerprint density at radius 3 is 2.14 bits per heavy atom. The minimum absolute atomic E-state index is 0.153. The molecule has 0 fully saturated rings. The van der Waals surface area contributed by atoms with Gasteiger partial charge in [-0.15, -0.1) is 5.10 Å². The SMILES string of the molecule is Cc1[nH]c2ccccc2c1C=NN=C(C(=O)c1ccccc1)c1ccccc1. The summed E-state index contributed by atoms with van der Waals surface area (Å²) in [5.74, 6) is -0.153. The summed E-state index contributed by atoms with van der Waals surface area (Å²) in [6, 6.07) is 26.6. The molecule has 4 nitrogen and oxygen atoms in total. The second-order valence-corrected chi connectivity index (χ2v) is 6.46. The van der Waals surface area contributed by atoms with Gasteiger partial charge in [-0.2, -0.15) is 5.10 Å². The molecule has 0 aliphatic rings. The molecule has 1 heterocycles. The van der Waals surface area contributed by atoms with Crippen molar-refractivity contribution in [3.05, 3.63) is 107 Å². The van der Waals surface area contributed by atoms with Crippen LogP contribution in [0.2, 0.25) is 0 Å². The number of aromatic amines is 1. The van der Waals surface area contributed by atoms with E-state index < -0.39 is 0 Å². The van der Waals surface area contributed by atoms with Gasteiger partial charge in [-0.05, 0) is 13.0 Å². The summed E-state index contributed by atoms with van der Waals surface area (Å²) in [4.78, 5) is 16.3. The third kappa shape index (κ3) is 3.53. The standard InChI is InChI=1S/C24H19N3O/c1-17-21(20-14-8-9-15-22(20)26-17)16-25-27-23(18-10-4-2-5-11-18)24(28)19-12-6-3-7-13-19/h2-16,26H,1H3. The zero-order valence-corrected chi connectivity index (χ0v) is 15.5. The van der Waals surface area contributed by atoms with Gasteiger partial charge >= 0.3 is 0 Å². The number of fused-ring (bicyclic) bond motifs is 1. The van der Waals surface area contributed by atoms with Crippen molar-refractivity contribution in [1.29, 1.82) is 0 Å². The van der Waals surface area contributed by atoms with Crippen LogP contribution in [-0.4, -0.2) is 22.7 Å². The molecule has 1 aromatic heterocycles. The van der Waals surface area contributed by atoms with E-state index >= 15 is 0 Å². The van der Waals surface area contributed by atoms with Gasteiger partial charge in [-0.1, -0.05) is 78.9 Å². The number of benzene rings is 3. The highest BCUT2D eigenvalue weighted by Crippen LogP contribution is 2.20. The number of aromatic nitrogens is 1. The van der Waals surface area contributed by atoms with Crippen molar-refractivity contribution in [2.75, 3.05) is 0 Å². The predicted molar refractivity (Wildman–Crippen MR) is 114 cm³/mol. The quantitative estimate of drug-likeness (QED) is 0.296. The highest BCUT2D eigenvalue weighted by molar-refractivity contribution is 6.51. The molecule has 1 N–H and O–H groups in total. The van der Waals surface area contributed by atoms with Crippen LogP contribution in [0.25, 0.3) is 10.9 Å². The van der Waals surface area contributed by atoms with Crippen molar-refractivity contribution in [2.45, 2.75) is 6.92 Å². The van der Waals surface area contributed by atoms with Crippen molar-refractivity contribution in [3.8, 4) is 0 Å². The van der Waals surface area contributed by atoms with Crippen LogP contribution in [0.4, 0.5) is 0 Å². The molecule has 0 aliphatic heterocycles. The second-order valence-electron chi connectivity index (χ2n) is 6.46. The molecule has 0 spiro atoms. The zero-order valence-electron chi connectivity index (χ0n) is 15.5. The Bertz CT molecular complexity index is 1170. The molecule has 0 amide bonds. The van der Waals surface area contributed by atoms with Crippen LogP contribution in [0.3, 0.4) is 0 Å². The second kappa shape index (κ2) is 7.84. The highest BCUT2D eigenvalue weighted by Gasteiger charge is 2.16. The number of rotatable bonds is 5. The Labute approximate surface area is 163 Å². The lowest BCUT2D eigenvalue weighted by molar-refractivity contribution is 0.106. The van der Waals surface area contributed by atoms with Gasteiger partial charge in [0.2, 0.25) is 5.78 Å². The topological polar surface area (TPSA) is 57.6 Å². The Morgan fingerprint density at radius 2 is 1.43 bits per heavy atom. The number of hydrogen-bond acceptors (Lipinski definition) is 3. The monoisotopic (exact) mass is 365 g/mol. The summed E-state index contributed by atoms with van der Waals surface area (Å²) in [5.41, 5.74) is 4.68. The number of H-pyrrole nitrogens is 1. The number of hydrogen-bond donors (Lipinski definition) is 1. The van der Waals surface area contributed by atoms with Gasteiger partial charge in [0, 0.05) is 33.3 Å². The molecule has 28 heavy (non-hydrogen) atoms. The number of Topliss-reactive ketones (excluding diaryl/α,β-unsaturated/α-hetero) is 1. The summed E-state index contributed by atoms with van der Waals surface area (Å²) >= 11 is 0. The van der Waals surface area contributed by atoms with Gasteiger partial charge < -0.3 is 4.98 Å². The molecule has 0 unspecified atom stereocenters. The number of nitrogens with one attached hydrogen (secondary N) is 1. The van der Waals surface area contributed by atoms with Crippen LogP contribution in [-0.2, 0) is 0 Å². The fraction of sp³-hybridized carbons (Fsp3) is 0.0417. The van der Waals surface area contributed by atoms with Gasteiger partial charge in [-0.25, -0.2) is 0 Å². The van der Waals surface area contributed by atoms with E-state index in [1.165, 1.54) is 0 Å². The average molecular weight is 365 g/mol. The van der Waals surface area contributed by atoms with Crippen molar-refractivity contribution in [1.82, 2.24) is 4.98 Å². The Kier molecular flexibility index (Phi) is 4.93. The summed E-state index contributed by atoms with van der Waals surface area (Å²) in [6.07, 6.45) is 1.70. The smallest absolute Gasteiger partial charge is 0.213 e. The molecule has 3 aromatic carbocycles.